The number of hydrogen-bond donors (Lipinski definition) is 0. The second-order valence-corrected chi connectivity index (χ2v) is 3.27. The summed E-state index contributed by atoms with van der Waals surface area (Å²) < 4.78 is 10.6. The van der Waals surface area contributed by atoms with Crippen LogP contribution in [0, 0.1) is 0 Å². The molecule has 3 heteroatoms. The van der Waals surface area contributed by atoms with Crippen LogP contribution in [0.15, 0.2) is 18.2 Å². The molecule has 0 unspecified atom stereocenters. The van der Waals surface area contributed by atoms with Crippen molar-refractivity contribution in [1.29, 1.82) is 0 Å². The van der Waals surface area contributed by atoms with Gasteiger partial charge >= 0.3 is 0 Å². The normalized spacial score (nSPS) is 9.80. The topological polar surface area (TPSA) is 35.5 Å². The molecule has 0 aliphatic rings. The zero-order valence-electron chi connectivity index (χ0n) is 9.37. The van der Waals surface area contributed by atoms with Gasteiger partial charge in [0.1, 0.15) is 11.5 Å². The summed E-state index contributed by atoms with van der Waals surface area (Å²) in [5.41, 5.74) is 0.601. The first-order valence-corrected chi connectivity index (χ1v) is 5.00. The van der Waals surface area contributed by atoms with Crippen molar-refractivity contribution in [2.45, 2.75) is 20.3 Å². The molecule has 0 radical (unpaired) electrons. The van der Waals surface area contributed by atoms with Gasteiger partial charge < -0.3 is 9.47 Å². The predicted molar refractivity (Wildman–Crippen MR) is 58.8 cm³/mol. The summed E-state index contributed by atoms with van der Waals surface area (Å²) in [5.74, 6) is 1.30. The van der Waals surface area contributed by atoms with Gasteiger partial charge in [-0.1, -0.05) is 6.92 Å². The summed E-state index contributed by atoms with van der Waals surface area (Å²) in [6, 6.07) is 5.23. The van der Waals surface area contributed by atoms with Crippen molar-refractivity contribution in [1.82, 2.24) is 0 Å². The first kappa shape index (κ1) is 11.6. The van der Waals surface area contributed by atoms with E-state index in [9.17, 15) is 4.79 Å². The molecule has 1 rings (SSSR count). The van der Waals surface area contributed by atoms with Crippen molar-refractivity contribution in [2.75, 3.05) is 13.7 Å². The number of ketones is 1. The Morgan fingerprint density at radius 3 is 2.67 bits per heavy atom. The first-order chi connectivity index (χ1) is 7.19. The second-order valence-electron chi connectivity index (χ2n) is 3.27. The molecule has 0 spiro atoms. The van der Waals surface area contributed by atoms with E-state index in [0.717, 1.165) is 6.42 Å². The fourth-order valence-corrected chi connectivity index (χ4v) is 1.25. The van der Waals surface area contributed by atoms with E-state index in [2.05, 4.69) is 0 Å². The molecule has 0 N–H and O–H groups in total. The van der Waals surface area contributed by atoms with Gasteiger partial charge in [0, 0.05) is 6.07 Å². The van der Waals surface area contributed by atoms with E-state index < -0.39 is 0 Å². The summed E-state index contributed by atoms with van der Waals surface area (Å²) in [6.45, 7) is 4.15. The maximum Gasteiger partial charge on any atom is 0.163 e. The van der Waals surface area contributed by atoms with Crippen LogP contribution in [0.4, 0.5) is 0 Å². The lowest BCUT2D eigenvalue weighted by molar-refractivity contribution is 0.101. The molecular formula is C12H16O3. The van der Waals surface area contributed by atoms with Crippen LogP contribution in [-0.2, 0) is 0 Å². The molecule has 1 aromatic rings. The molecule has 0 aliphatic heterocycles. The second kappa shape index (κ2) is 5.39. The zero-order valence-corrected chi connectivity index (χ0v) is 9.37. The van der Waals surface area contributed by atoms with E-state index in [1.807, 2.05) is 6.92 Å². The zero-order chi connectivity index (χ0) is 11.3. The Morgan fingerprint density at radius 1 is 1.40 bits per heavy atom. The lowest BCUT2D eigenvalue weighted by Gasteiger charge is -2.10. The number of hydrogen-bond acceptors (Lipinski definition) is 3. The van der Waals surface area contributed by atoms with E-state index in [4.69, 9.17) is 9.47 Å². The molecular weight excluding hydrogens is 192 g/mol. The molecule has 0 amide bonds. The highest BCUT2D eigenvalue weighted by atomic mass is 16.5. The van der Waals surface area contributed by atoms with Crippen molar-refractivity contribution < 1.29 is 14.3 Å². The molecule has 0 bridgehead atoms. The number of ether oxygens (including phenoxy) is 2. The average molecular weight is 208 g/mol. The predicted octanol–water partition coefficient (Wildman–Crippen LogP) is 2.69. The van der Waals surface area contributed by atoms with Gasteiger partial charge in [0.15, 0.2) is 5.78 Å². The van der Waals surface area contributed by atoms with Gasteiger partial charge in [0.05, 0.1) is 19.3 Å². The Labute approximate surface area is 90.0 Å². The van der Waals surface area contributed by atoms with Crippen LogP contribution in [0.3, 0.4) is 0 Å². The maximum absolute atomic E-state index is 11.3. The summed E-state index contributed by atoms with van der Waals surface area (Å²) >= 11 is 0. The molecule has 0 heterocycles. The Balaban J connectivity index is 2.99. The summed E-state index contributed by atoms with van der Waals surface area (Å²) in [6.07, 6.45) is 0.911. The van der Waals surface area contributed by atoms with Crippen molar-refractivity contribution in [2.24, 2.45) is 0 Å². The lowest BCUT2D eigenvalue weighted by Crippen LogP contribution is -2.02. The van der Waals surface area contributed by atoms with Crippen LogP contribution in [0.25, 0.3) is 0 Å². The standard InChI is InChI=1S/C12H16O3/c1-4-7-15-12-8-10(14-3)5-6-11(12)9(2)13/h5-6,8H,4,7H2,1-3H3. The average Bonchev–Trinajstić information content (AvgIpc) is 2.25. The Hall–Kier alpha value is -1.51. The van der Waals surface area contributed by atoms with Crippen LogP contribution in [0.1, 0.15) is 30.6 Å². The van der Waals surface area contributed by atoms with Gasteiger partial charge in [0.25, 0.3) is 0 Å². The number of carbonyl (C=O) groups excluding carboxylic acids is 1. The molecule has 3 nitrogen and oxygen atoms in total. The molecule has 1 aromatic carbocycles. The number of methoxy groups -OCH3 is 1. The molecule has 0 saturated carbocycles. The summed E-state index contributed by atoms with van der Waals surface area (Å²) in [7, 11) is 1.59. The van der Waals surface area contributed by atoms with E-state index in [1.54, 1.807) is 25.3 Å². The van der Waals surface area contributed by atoms with E-state index in [1.165, 1.54) is 6.92 Å². The number of benzene rings is 1. The van der Waals surface area contributed by atoms with Crippen LogP contribution >= 0.6 is 0 Å². The number of Topliss-reactive ketones (excluding diaryl/α,β-unsaturated/α-hetero) is 1. The minimum absolute atomic E-state index is 0.00348. The largest absolute Gasteiger partial charge is 0.497 e. The minimum Gasteiger partial charge on any atom is -0.497 e. The lowest BCUT2D eigenvalue weighted by atomic mass is 10.1. The van der Waals surface area contributed by atoms with E-state index >= 15 is 0 Å². The van der Waals surface area contributed by atoms with Crippen molar-refractivity contribution >= 4 is 5.78 Å². The minimum atomic E-state index is 0.00348. The van der Waals surface area contributed by atoms with Crippen molar-refractivity contribution in [3.63, 3.8) is 0 Å². The first-order valence-electron chi connectivity index (χ1n) is 5.00. The quantitative estimate of drug-likeness (QED) is 0.698. The van der Waals surface area contributed by atoms with Crippen molar-refractivity contribution in [3.05, 3.63) is 23.8 Å². The molecule has 0 atom stereocenters. The molecule has 0 saturated heterocycles. The number of carbonyl (C=O) groups is 1. The smallest absolute Gasteiger partial charge is 0.163 e. The van der Waals surface area contributed by atoms with Crippen LogP contribution in [-0.4, -0.2) is 19.5 Å². The fourth-order valence-electron chi connectivity index (χ4n) is 1.25. The Morgan fingerprint density at radius 2 is 2.13 bits per heavy atom. The van der Waals surface area contributed by atoms with Gasteiger partial charge in [-0.05, 0) is 25.5 Å². The van der Waals surface area contributed by atoms with Crippen LogP contribution < -0.4 is 9.47 Å². The van der Waals surface area contributed by atoms with E-state index in [0.29, 0.717) is 23.7 Å². The molecule has 0 fully saturated rings. The molecule has 82 valence electrons. The van der Waals surface area contributed by atoms with Crippen LogP contribution in [0.2, 0.25) is 0 Å². The van der Waals surface area contributed by atoms with Gasteiger partial charge in [-0.15, -0.1) is 0 Å². The van der Waals surface area contributed by atoms with Gasteiger partial charge in [-0.3, -0.25) is 4.79 Å². The Kier molecular flexibility index (Phi) is 4.16. The highest BCUT2D eigenvalue weighted by molar-refractivity contribution is 5.97. The SMILES string of the molecule is CCCOc1cc(OC)ccc1C(C)=O. The third-order valence-corrected chi connectivity index (χ3v) is 2.03. The highest BCUT2D eigenvalue weighted by Gasteiger charge is 2.09. The summed E-state index contributed by atoms with van der Waals surface area (Å²) in [4.78, 5) is 11.3. The molecule has 0 aliphatic carbocycles. The van der Waals surface area contributed by atoms with Gasteiger partial charge in [-0.25, -0.2) is 0 Å². The van der Waals surface area contributed by atoms with Gasteiger partial charge in [0.2, 0.25) is 0 Å². The maximum atomic E-state index is 11.3. The summed E-state index contributed by atoms with van der Waals surface area (Å²) in [5, 5.41) is 0. The molecule has 15 heavy (non-hydrogen) atoms. The monoisotopic (exact) mass is 208 g/mol. The van der Waals surface area contributed by atoms with Crippen molar-refractivity contribution in [3.8, 4) is 11.5 Å². The fraction of sp³-hybridized carbons (Fsp3) is 0.417. The third-order valence-electron chi connectivity index (χ3n) is 2.03. The van der Waals surface area contributed by atoms with Gasteiger partial charge in [-0.2, -0.15) is 0 Å². The third kappa shape index (κ3) is 2.98. The highest BCUT2D eigenvalue weighted by Crippen LogP contribution is 2.25. The van der Waals surface area contributed by atoms with E-state index in [-0.39, 0.29) is 5.78 Å². The van der Waals surface area contributed by atoms with Crippen LogP contribution in [0.5, 0.6) is 11.5 Å². The Bertz CT molecular complexity index is 345. The number of rotatable bonds is 5. The molecule has 0 aromatic heterocycles.